The molecule has 0 aliphatic rings. The Labute approximate surface area is 564 Å². The zero-order valence-corrected chi connectivity index (χ0v) is 56.5. The number of fused-ring (bicyclic) bond motifs is 12. The fraction of sp³-hybridized carbons (Fsp3) is 0.229. The van der Waals surface area contributed by atoms with Crippen molar-refractivity contribution >= 4 is 88.3 Å². The molecule has 0 saturated carbocycles. The summed E-state index contributed by atoms with van der Waals surface area (Å²) in [5.41, 5.74) is 25.7. The van der Waals surface area contributed by atoms with E-state index >= 15 is 0 Å². The van der Waals surface area contributed by atoms with Crippen molar-refractivity contribution in [2.24, 2.45) is 28.2 Å². The normalized spacial score (nSPS) is 13.6. The average molecular weight is 1260 g/mol. The van der Waals surface area contributed by atoms with E-state index in [-0.39, 0.29) is 0 Å². The fourth-order valence-electron chi connectivity index (χ4n) is 13.4. The lowest BCUT2D eigenvalue weighted by Crippen LogP contribution is -2.31. The molecule has 4 aromatic carbocycles. The second-order valence-corrected chi connectivity index (χ2v) is 25.5. The smallest absolute Gasteiger partial charge is 0.227 e. The van der Waals surface area contributed by atoms with Crippen LogP contribution in [0.25, 0.3) is 133 Å². The van der Waals surface area contributed by atoms with Gasteiger partial charge in [-0.05, 0) is 179 Å². The zero-order chi connectivity index (χ0) is 72.8. The van der Waals surface area contributed by atoms with E-state index < -0.39 is 19.6 Å². The molecule has 95 heavy (non-hydrogen) atoms. The Hall–Kier alpha value is -10.7. The molecule has 12 aromatic heterocycles. The first-order valence-electron chi connectivity index (χ1n) is 35.5. The third-order valence-corrected chi connectivity index (χ3v) is 18.4. The molecule has 12 heteroatoms. The summed E-state index contributed by atoms with van der Waals surface area (Å²) in [6.07, 6.45) is 14.7. The first-order chi connectivity index (χ1) is 48.4. The van der Waals surface area contributed by atoms with Gasteiger partial charge in [0.25, 0.3) is 0 Å². The van der Waals surface area contributed by atoms with Crippen molar-refractivity contribution in [3.05, 3.63) is 238 Å². The van der Waals surface area contributed by atoms with Gasteiger partial charge in [-0.1, -0.05) is 64.0 Å². The highest BCUT2D eigenvalue weighted by molar-refractivity contribution is 6.13. The summed E-state index contributed by atoms with van der Waals surface area (Å²) in [7, 11) is 7.93. The summed E-state index contributed by atoms with van der Waals surface area (Å²) >= 11 is 0. The third-order valence-electron chi connectivity index (χ3n) is 18.4. The summed E-state index contributed by atoms with van der Waals surface area (Å²) in [6, 6.07) is 42.1. The Morgan fingerprint density at radius 1 is 0.368 bits per heavy atom. The lowest BCUT2D eigenvalue weighted by atomic mass is 9.95. The van der Waals surface area contributed by atoms with Crippen LogP contribution in [0.4, 0.5) is 0 Å². The fourth-order valence-corrected chi connectivity index (χ4v) is 13.4. The van der Waals surface area contributed by atoms with E-state index in [1.807, 2.05) is 97.7 Å². The Bertz CT molecular complexity index is 6000. The van der Waals surface area contributed by atoms with Gasteiger partial charge in [-0.3, -0.25) is 0 Å². The molecule has 0 aliphatic heterocycles. The molecule has 0 spiro atoms. The second kappa shape index (κ2) is 25.3. The zero-order valence-electron chi connectivity index (χ0n) is 63.5. The summed E-state index contributed by atoms with van der Waals surface area (Å²) in [6.45, 7) is 18.2. The van der Waals surface area contributed by atoms with Crippen LogP contribution in [0.2, 0.25) is 0 Å². The summed E-state index contributed by atoms with van der Waals surface area (Å²) < 4.78 is 87.1. The number of hydrogen-bond donors (Lipinski definition) is 0. The van der Waals surface area contributed by atoms with E-state index in [1.165, 1.54) is 62.6 Å². The molecule has 0 saturated heterocycles. The predicted octanol–water partition coefficient (Wildman–Crippen LogP) is 18.9. The first kappa shape index (κ1) is 54.8. The number of benzene rings is 4. The standard InChI is InChI=1S/C22H23N2O.2C21H21N2O.C19H17N2O/c1-13(2)16-8-10-24(5)18(12-16)20-15(4)11-14(3)19-17-7-6-9-23-22(17)25-21(19)20;1-12-10-17(23(5)11-15(12)4)19-14(3)9-13(2)18-16-7-6-8-22-21(16)24-20(18)19;1-13(2)15-9-11-23(4)18(12-15)19-14(3)7-8-16-17-6-5-10-22-21(17)24-20(16)19;1-12-6-9-16(21(3)11-12)17-13(2)7-8-14-15-5-4-10-20-19(15)22-18(14)17/h6-13H,1-5H3;6-11H,1-5H3;5-13H,1-4H3;4-11H,1-3H3/q4*+1/i;;1D3,13D;1D3. The summed E-state index contributed by atoms with van der Waals surface area (Å²) in [4.78, 5) is 17.4. The lowest BCUT2D eigenvalue weighted by Gasteiger charge is -2.10. The number of pyridine rings is 8. The minimum Gasteiger partial charge on any atom is -0.437 e. The van der Waals surface area contributed by atoms with E-state index in [0.29, 0.717) is 45.5 Å². The Morgan fingerprint density at radius 2 is 0.789 bits per heavy atom. The average Bonchev–Trinajstić information content (AvgIpc) is 1.54. The molecule has 0 N–H and O–H groups in total. The van der Waals surface area contributed by atoms with Crippen LogP contribution in [0.5, 0.6) is 0 Å². The van der Waals surface area contributed by atoms with Crippen LogP contribution in [0.15, 0.2) is 195 Å². The molecule has 0 amide bonds. The molecule has 0 bridgehead atoms. The van der Waals surface area contributed by atoms with Crippen LogP contribution in [0, 0.1) is 62.2 Å². The van der Waals surface area contributed by atoms with E-state index in [0.717, 1.165) is 99.2 Å². The largest absolute Gasteiger partial charge is 0.437 e. The molecule has 16 rings (SSSR count). The van der Waals surface area contributed by atoms with E-state index in [2.05, 4.69) is 159 Å². The van der Waals surface area contributed by atoms with Gasteiger partial charge in [0.05, 0.1) is 22.3 Å². The van der Waals surface area contributed by atoms with Crippen LogP contribution in [-0.2, 0) is 28.2 Å². The highest BCUT2D eigenvalue weighted by Crippen LogP contribution is 2.42. The van der Waals surface area contributed by atoms with Gasteiger partial charge in [-0.15, -0.1) is 0 Å². The topological polar surface area (TPSA) is 120 Å². The van der Waals surface area contributed by atoms with E-state index in [1.54, 1.807) is 55.4 Å². The number of aryl methyl sites for hydroxylation is 13. The van der Waals surface area contributed by atoms with Crippen molar-refractivity contribution in [3.63, 3.8) is 0 Å². The van der Waals surface area contributed by atoms with Crippen molar-refractivity contribution < 1.29 is 45.5 Å². The maximum Gasteiger partial charge on any atom is 0.227 e. The van der Waals surface area contributed by atoms with Crippen molar-refractivity contribution in [1.29, 1.82) is 0 Å². The van der Waals surface area contributed by atoms with Crippen LogP contribution in [-0.4, -0.2) is 19.9 Å². The molecule has 12 nitrogen and oxygen atoms in total. The van der Waals surface area contributed by atoms with Crippen LogP contribution in [0.1, 0.15) is 110 Å². The molecule has 0 aliphatic carbocycles. The van der Waals surface area contributed by atoms with Crippen LogP contribution in [0.3, 0.4) is 0 Å². The number of nitrogens with zero attached hydrogens (tertiary/aromatic N) is 8. The van der Waals surface area contributed by atoms with Gasteiger partial charge in [-0.25, -0.2) is 38.2 Å². The SMILES string of the molecule is Cc1cc(-c2c(C)cc(C)c3c2oc2ncccc23)[n+](C)cc1C.Cc1cc(C)c2c(oc3ncccc32)c1-c1cc(C(C)C)cc[n+]1C.[2H]C([2H])([2H])C([2H])(C)c1cc[n+](C)c(-c2c(C)ccc3c2oc2ncccc23)c1.[2H]C([2H])([2H])c1ccc(-c2c(C)ccc3c2oc2ncccc23)[n+](C)c1. The van der Waals surface area contributed by atoms with Gasteiger partial charge in [0.2, 0.25) is 45.6 Å². The number of aromatic nitrogens is 8. The quantitative estimate of drug-likeness (QED) is 0.151. The van der Waals surface area contributed by atoms with E-state index in [9.17, 15) is 0 Å². The molecule has 1 unspecified atom stereocenters. The Morgan fingerprint density at radius 3 is 1.26 bits per heavy atom. The maximum atomic E-state index is 8.45. The van der Waals surface area contributed by atoms with Gasteiger partial charge < -0.3 is 17.7 Å². The monoisotopic (exact) mass is 1260 g/mol. The highest BCUT2D eigenvalue weighted by Gasteiger charge is 2.27. The van der Waals surface area contributed by atoms with Crippen molar-refractivity contribution in [2.45, 2.75) is 102 Å². The molecule has 12 heterocycles. The predicted molar refractivity (Wildman–Crippen MR) is 383 cm³/mol. The molecule has 474 valence electrons. The summed E-state index contributed by atoms with van der Waals surface area (Å²) in [5, 5.41) is 8.36. The van der Waals surface area contributed by atoms with Crippen LogP contribution < -0.4 is 18.3 Å². The Kier molecular flexibility index (Phi) is 14.6. The number of furan rings is 4. The molecule has 0 fully saturated rings. The molecule has 16 aromatic rings. The summed E-state index contributed by atoms with van der Waals surface area (Å²) in [5.74, 6) is -1.23. The minimum absolute atomic E-state index is 0.315. The van der Waals surface area contributed by atoms with Gasteiger partial charge in [-0.2, -0.15) is 0 Å². The third kappa shape index (κ3) is 11.5. The van der Waals surface area contributed by atoms with E-state index in [4.69, 9.17) is 27.3 Å². The van der Waals surface area contributed by atoms with Crippen molar-refractivity contribution in [1.82, 2.24) is 19.9 Å². The number of rotatable bonds is 6. The first-order valence-corrected chi connectivity index (χ1v) is 32.0. The Balaban J connectivity index is 0.000000122. The van der Waals surface area contributed by atoms with Gasteiger partial charge in [0.15, 0.2) is 47.1 Å². The molecule has 0 radical (unpaired) electrons. The van der Waals surface area contributed by atoms with Gasteiger partial charge >= 0.3 is 0 Å². The van der Waals surface area contributed by atoms with Gasteiger partial charge in [0.1, 0.15) is 28.2 Å². The molecule has 1 atom stereocenters. The van der Waals surface area contributed by atoms with Crippen LogP contribution >= 0.6 is 0 Å². The molecular weight excluding hydrogens is 1170 g/mol. The minimum atomic E-state index is -2.44. The number of hydrogen-bond acceptors (Lipinski definition) is 8. The lowest BCUT2D eigenvalue weighted by molar-refractivity contribution is -0.660. The molecular formula is C83H82N8O4+4. The van der Waals surface area contributed by atoms with Crippen molar-refractivity contribution in [2.75, 3.05) is 0 Å². The highest BCUT2D eigenvalue weighted by atomic mass is 16.4. The van der Waals surface area contributed by atoms with Gasteiger partial charge in [0, 0.05) is 125 Å². The second-order valence-electron chi connectivity index (χ2n) is 25.5. The maximum absolute atomic E-state index is 8.45. The van der Waals surface area contributed by atoms with Crippen molar-refractivity contribution in [3.8, 4) is 45.0 Å².